The van der Waals surface area contributed by atoms with Crippen molar-refractivity contribution in [3.63, 3.8) is 0 Å². The van der Waals surface area contributed by atoms with Gasteiger partial charge in [-0.2, -0.15) is 0 Å². The molecule has 106 valence electrons. The smallest absolute Gasteiger partial charge is 0.226 e. The molecule has 3 rings (SSSR count). The topological polar surface area (TPSA) is 55.6 Å². The number of hydrogen-bond acceptors (Lipinski definition) is 3. The van der Waals surface area contributed by atoms with Gasteiger partial charge in [-0.1, -0.05) is 6.07 Å². The molecular weight excluding hydrogens is 254 g/mol. The number of hydrogen-bond donors (Lipinski definition) is 1. The fourth-order valence-corrected chi connectivity index (χ4v) is 2.63. The van der Waals surface area contributed by atoms with Crippen molar-refractivity contribution in [3.05, 3.63) is 36.3 Å². The summed E-state index contributed by atoms with van der Waals surface area (Å²) >= 11 is 0. The lowest BCUT2D eigenvalue weighted by molar-refractivity contribution is -0.121. The van der Waals surface area contributed by atoms with E-state index in [-0.39, 0.29) is 18.1 Å². The third-order valence-electron chi connectivity index (χ3n) is 3.67. The van der Waals surface area contributed by atoms with Crippen LogP contribution in [0.3, 0.4) is 0 Å². The second kappa shape index (κ2) is 5.63. The minimum Gasteiger partial charge on any atom is -0.376 e. The van der Waals surface area contributed by atoms with Gasteiger partial charge in [0.15, 0.2) is 0 Å². The summed E-state index contributed by atoms with van der Waals surface area (Å²) in [6.45, 7) is 2.80. The van der Waals surface area contributed by atoms with E-state index in [0.717, 1.165) is 30.8 Å². The van der Waals surface area contributed by atoms with E-state index in [1.54, 1.807) is 0 Å². The van der Waals surface area contributed by atoms with Crippen molar-refractivity contribution in [2.75, 3.05) is 6.61 Å². The van der Waals surface area contributed by atoms with Gasteiger partial charge in [-0.3, -0.25) is 4.79 Å². The minimum atomic E-state index is -0.00333. The molecule has 1 fully saturated rings. The van der Waals surface area contributed by atoms with Crippen LogP contribution in [0.15, 0.2) is 30.6 Å². The molecule has 0 spiro atoms. The van der Waals surface area contributed by atoms with Crippen LogP contribution in [0, 0.1) is 0 Å². The van der Waals surface area contributed by atoms with Crippen LogP contribution in [0.1, 0.15) is 25.5 Å². The first kappa shape index (κ1) is 13.1. The van der Waals surface area contributed by atoms with Crippen molar-refractivity contribution in [3.8, 4) is 0 Å². The van der Waals surface area contributed by atoms with E-state index in [1.807, 2.05) is 41.9 Å². The molecule has 2 atom stereocenters. The Bertz CT molecular complexity index is 569. The molecule has 0 radical (unpaired) electrons. The fraction of sp³-hybridized carbons (Fsp3) is 0.467. The van der Waals surface area contributed by atoms with Crippen molar-refractivity contribution < 1.29 is 9.53 Å². The molecule has 2 aromatic rings. The van der Waals surface area contributed by atoms with Crippen molar-refractivity contribution >= 4 is 11.6 Å². The highest BCUT2D eigenvalue weighted by molar-refractivity contribution is 5.78. The third kappa shape index (κ3) is 2.82. The number of carbonyl (C=O) groups excluding carboxylic acids is 1. The van der Waals surface area contributed by atoms with E-state index in [0.29, 0.717) is 6.42 Å². The van der Waals surface area contributed by atoms with Gasteiger partial charge in [0.05, 0.1) is 24.3 Å². The third-order valence-corrected chi connectivity index (χ3v) is 3.67. The Hall–Kier alpha value is -1.88. The number of carbonyl (C=O) groups is 1. The molecule has 5 nitrogen and oxygen atoms in total. The number of nitrogens with zero attached hydrogens (tertiary/aromatic N) is 2. The van der Waals surface area contributed by atoms with Crippen molar-refractivity contribution in [1.29, 1.82) is 0 Å². The van der Waals surface area contributed by atoms with Gasteiger partial charge in [0.1, 0.15) is 5.65 Å². The molecule has 5 heteroatoms. The molecule has 1 aliphatic rings. The van der Waals surface area contributed by atoms with E-state index >= 15 is 0 Å². The summed E-state index contributed by atoms with van der Waals surface area (Å²) < 4.78 is 7.50. The molecule has 0 aromatic carbocycles. The summed E-state index contributed by atoms with van der Waals surface area (Å²) in [5.41, 5.74) is 1.65. The number of imidazole rings is 1. The Morgan fingerprint density at radius 2 is 2.50 bits per heavy atom. The van der Waals surface area contributed by atoms with Crippen LogP contribution >= 0.6 is 0 Å². The maximum Gasteiger partial charge on any atom is 0.226 e. The van der Waals surface area contributed by atoms with Gasteiger partial charge >= 0.3 is 0 Å². The Balaban J connectivity index is 1.60. The summed E-state index contributed by atoms with van der Waals surface area (Å²) in [7, 11) is 0. The lowest BCUT2D eigenvalue weighted by Gasteiger charge is -2.19. The van der Waals surface area contributed by atoms with Gasteiger partial charge in [0.2, 0.25) is 5.91 Å². The number of pyridine rings is 1. The summed E-state index contributed by atoms with van der Waals surface area (Å²) in [5.74, 6) is -0.00333. The highest BCUT2D eigenvalue weighted by Crippen LogP contribution is 2.15. The number of nitrogens with one attached hydrogen (secondary N) is 1. The monoisotopic (exact) mass is 273 g/mol. The lowest BCUT2D eigenvalue weighted by atomic mass is 10.1. The molecule has 0 aliphatic carbocycles. The average Bonchev–Trinajstić information content (AvgIpc) is 3.07. The first-order valence-corrected chi connectivity index (χ1v) is 7.06. The van der Waals surface area contributed by atoms with Crippen LogP contribution in [0.2, 0.25) is 0 Å². The number of amides is 1. The standard InChI is InChI=1S/C15H19N3O2/c1-11(13-5-4-8-20-13)16-15(19)9-12-10-18-7-3-2-6-14(18)17-12/h2-3,6-7,10-11,13H,4-5,8-9H2,1H3,(H,16,19). The molecular formula is C15H19N3O2. The first-order valence-electron chi connectivity index (χ1n) is 7.06. The molecule has 2 aromatic heterocycles. The van der Waals surface area contributed by atoms with Gasteiger partial charge in [-0.15, -0.1) is 0 Å². The molecule has 2 unspecified atom stereocenters. The van der Waals surface area contributed by atoms with Crippen LogP contribution in [0.4, 0.5) is 0 Å². The van der Waals surface area contributed by atoms with Crippen LogP contribution in [-0.2, 0) is 16.0 Å². The van der Waals surface area contributed by atoms with Crippen LogP contribution < -0.4 is 5.32 Å². The van der Waals surface area contributed by atoms with Crippen LogP contribution in [-0.4, -0.2) is 34.0 Å². The molecule has 3 heterocycles. The zero-order chi connectivity index (χ0) is 13.9. The van der Waals surface area contributed by atoms with Crippen LogP contribution in [0.5, 0.6) is 0 Å². The second-order valence-electron chi connectivity index (χ2n) is 5.28. The van der Waals surface area contributed by atoms with E-state index < -0.39 is 0 Å². The van der Waals surface area contributed by atoms with Gasteiger partial charge in [0, 0.05) is 19.0 Å². The number of ether oxygens (including phenoxy) is 1. The zero-order valence-electron chi connectivity index (χ0n) is 11.6. The maximum atomic E-state index is 12.0. The Morgan fingerprint density at radius 1 is 1.60 bits per heavy atom. The number of rotatable bonds is 4. The predicted octanol–water partition coefficient (Wildman–Crippen LogP) is 1.56. The molecule has 0 saturated carbocycles. The average molecular weight is 273 g/mol. The first-order chi connectivity index (χ1) is 9.72. The Labute approximate surface area is 118 Å². The zero-order valence-corrected chi connectivity index (χ0v) is 11.6. The minimum absolute atomic E-state index is 0.00333. The van der Waals surface area contributed by atoms with Gasteiger partial charge < -0.3 is 14.5 Å². The normalized spacial score (nSPS) is 20.1. The van der Waals surface area contributed by atoms with Crippen molar-refractivity contribution in [1.82, 2.24) is 14.7 Å². The SMILES string of the molecule is CC(NC(=O)Cc1cn2ccccc2n1)C1CCCO1. The summed E-state index contributed by atoms with van der Waals surface area (Å²) in [6.07, 6.45) is 6.39. The molecule has 1 amide bonds. The fourth-order valence-electron chi connectivity index (χ4n) is 2.63. The van der Waals surface area contributed by atoms with E-state index in [1.165, 1.54) is 0 Å². The van der Waals surface area contributed by atoms with Crippen LogP contribution in [0.25, 0.3) is 5.65 Å². The van der Waals surface area contributed by atoms with E-state index in [9.17, 15) is 4.79 Å². The predicted molar refractivity (Wildman–Crippen MR) is 75.5 cm³/mol. The molecule has 20 heavy (non-hydrogen) atoms. The van der Waals surface area contributed by atoms with Gasteiger partial charge in [0.25, 0.3) is 0 Å². The highest BCUT2D eigenvalue weighted by Gasteiger charge is 2.23. The molecule has 1 saturated heterocycles. The number of fused-ring (bicyclic) bond motifs is 1. The quantitative estimate of drug-likeness (QED) is 0.919. The van der Waals surface area contributed by atoms with Crippen molar-refractivity contribution in [2.24, 2.45) is 0 Å². The van der Waals surface area contributed by atoms with Crippen molar-refractivity contribution in [2.45, 2.75) is 38.3 Å². The highest BCUT2D eigenvalue weighted by atomic mass is 16.5. The van der Waals surface area contributed by atoms with Gasteiger partial charge in [-0.05, 0) is 31.9 Å². The second-order valence-corrected chi connectivity index (χ2v) is 5.28. The lowest BCUT2D eigenvalue weighted by Crippen LogP contribution is -2.41. The molecule has 1 N–H and O–H groups in total. The van der Waals surface area contributed by atoms with E-state index in [2.05, 4.69) is 10.3 Å². The molecule has 1 aliphatic heterocycles. The largest absolute Gasteiger partial charge is 0.376 e. The van der Waals surface area contributed by atoms with E-state index in [4.69, 9.17) is 4.74 Å². The Kier molecular flexibility index (Phi) is 3.69. The Morgan fingerprint density at radius 3 is 3.25 bits per heavy atom. The summed E-state index contributed by atoms with van der Waals surface area (Å²) in [6, 6.07) is 5.86. The molecule has 0 bridgehead atoms. The van der Waals surface area contributed by atoms with Gasteiger partial charge in [-0.25, -0.2) is 4.98 Å². The summed E-state index contributed by atoms with van der Waals surface area (Å²) in [5, 5.41) is 3.00. The number of aromatic nitrogens is 2. The maximum absolute atomic E-state index is 12.0. The summed E-state index contributed by atoms with van der Waals surface area (Å²) in [4.78, 5) is 16.5.